The van der Waals surface area contributed by atoms with Crippen molar-refractivity contribution in [3.8, 4) is 0 Å². The zero-order valence-electron chi connectivity index (χ0n) is 11.8. The molecular weight excluding hydrogens is 274 g/mol. The van der Waals surface area contributed by atoms with E-state index in [2.05, 4.69) is 17.4 Å². The molecule has 2 unspecified atom stereocenters. The summed E-state index contributed by atoms with van der Waals surface area (Å²) < 4.78 is 0. The summed E-state index contributed by atoms with van der Waals surface area (Å²) in [6, 6.07) is 5.46. The van der Waals surface area contributed by atoms with Crippen LogP contribution in [-0.2, 0) is 6.54 Å². The van der Waals surface area contributed by atoms with E-state index in [0.29, 0.717) is 10.6 Å². The van der Waals surface area contributed by atoms with E-state index in [1.54, 1.807) is 6.07 Å². The zero-order valence-corrected chi connectivity index (χ0v) is 12.5. The first kappa shape index (κ1) is 15.1. The molecule has 0 heterocycles. The molecule has 0 aromatic heterocycles. The molecule has 1 aromatic rings. The average molecular weight is 296 g/mol. The van der Waals surface area contributed by atoms with Crippen molar-refractivity contribution in [3.05, 3.63) is 34.3 Å². The standard InChI is InChI=1S/C15H22ClN3O/c1-10-2-3-11(6-10)8-18-9-13-5-4-12(7-14(13)16)15(17)19-20/h4-5,7,10-11,18,20H,2-3,6,8-9H2,1H3,(H2,17,19). The minimum atomic E-state index is 0.0753. The molecule has 2 atom stereocenters. The van der Waals surface area contributed by atoms with Crippen LogP contribution in [0.5, 0.6) is 0 Å². The fourth-order valence-corrected chi connectivity index (χ4v) is 3.08. The van der Waals surface area contributed by atoms with E-state index in [0.717, 1.165) is 30.5 Å². The van der Waals surface area contributed by atoms with Gasteiger partial charge >= 0.3 is 0 Å². The molecule has 0 radical (unpaired) electrons. The number of nitrogens with one attached hydrogen (secondary N) is 1. The normalized spacial score (nSPS) is 23.2. The lowest BCUT2D eigenvalue weighted by Crippen LogP contribution is -2.21. The number of nitrogens with two attached hydrogens (primary N) is 1. The molecule has 1 aliphatic carbocycles. The molecule has 0 aliphatic heterocycles. The first-order valence-electron chi connectivity index (χ1n) is 7.07. The van der Waals surface area contributed by atoms with Gasteiger partial charge in [-0.3, -0.25) is 0 Å². The Labute approximate surface area is 125 Å². The second-order valence-corrected chi connectivity index (χ2v) is 6.11. The monoisotopic (exact) mass is 295 g/mol. The maximum absolute atomic E-state index is 8.64. The van der Waals surface area contributed by atoms with Gasteiger partial charge in [0.2, 0.25) is 0 Å². The van der Waals surface area contributed by atoms with Gasteiger partial charge in [-0.15, -0.1) is 0 Å². The lowest BCUT2D eigenvalue weighted by molar-refractivity contribution is 0.318. The summed E-state index contributed by atoms with van der Waals surface area (Å²) in [6.07, 6.45) is 4.00. The Bertz CT molecular complexity index is 490. The lowest BCUT2D eigenvalue weighted by atomic mass is 10.1. The second-order valence-electron chi connectivity index (χ2n) is 5.71. The molecule has 1 saturated carbocycles. The molecule has 4 nitrogen and oxygen atoms in total. The SMILES string of the molecule is CC1CCC(CNCc2ccc(/C(N)=N/O)cc2Cl)C1. The molecule has 0 saturated heterocycles. The van der Waals surface area contributed by atoms with Gasteiger partial charge in [-0.2, -0.15) is 0 Å². The number of oxime groups is 1. The largest absolute Gasteiger partial charge is 0.409 e. The third-order valence-electron chi connectivity index (χ3n) is 4.01. The van der Waals surface area contributed by atoms with Crippen LogP contribution in [-0.4, -0.2) is 17.6 Å². The summed E-state index contributed by atoms with van der Waals surface area (Å²) in [7, 11) is 0. The number of halogens is 1. The molecule has 2 rings (SSSR count). The Morgan fingerprint density at radius 3 is 2.90 bits per heavy atom. The van der Waals surface area contributed by atoms with Gasteiger partial charge in [0.05, 0.1) is 0 Å². The smallest absolute Gasteiger partial charge is 0.170 e. The molecule has 0 bridgehead atoms. The average Bonchev–Trinajstić information content (AvgIpc) is 2.85. The van der Waals surface area contributed by atoms with Gasteiger partial charge in [-0.25, -0.2) is 0 Å². The van der Waals surface area contributed by atoms with Gasteiger partial charge < -0.3 is 16.3 Å². The Balaban J connectivity index is 1.87. The van der Waals surface area contributed by atoms with Crippen LogP contribution in [0, 0.1) is 11.8 Å². The van der Waals surface area contributed by atoms with Crippen molar-refractivity contribution in [3.63, 3.8) is 0 Å². The van der Waals surface area contributed by atoms with Crippen LogP contribution in [0.3, 0.4) is 0 Å². The summed E-state index contributed by atoms with van der Waals surface area (Å²) in [5.74, 6) is 1.73. The number of nitrogens with zero attached hydrogens (tertiary/aromatic N) is 1. The third kappa shape index (κ3) is 3.87. The summed E-state index contributed by atoms with van der Waals surface area (Å²) in [5, 5.41) is 15.7. The van der Waals surface area contributed by atoms with Gasteiger partial charge in [0, 0.05) is 17.1 Å². The maximum atomic E-state index is 8.64. The topological polar surface area (TPSA) is 70.6 Å². The highest BCUT2D eigenvalue weighted by molar-refractivity contribution is 6.31. The predicted molar refractivity (Wildman–Crippen MR) is 82.2 cm³/mol. The molecule has 1 fully saturated rings. The fraction of sp³-hybridized carbons (Fsp3) is 0.533. The number of benzene rings is 1. The van der Waals surface area contributed by atoms with Crippen molar-refractivity contribution in [1.82, 2.24) is 5.32 Å². The van der Waals surface area contributed by atoms with Crippen molar-refractivity contribution in [2.75, 3.05) is 6.54 Å². The highest BCUT2D eigenvalue weighted by Crippen LogP contribution is 2.29. The highest BCUT2D eigenvalue weighted by Gasteiger charge is 2.20. The van der Waals surface area contributed by atoms with E-state index in [1.807, 2.05) is 12.1 Å². The van der Waals surface area contributed by atoms with E-state index in [-0.39, 0.29) is 5.84 Å². The molecule has 110 valence electrons. The maximum Gasteiger partial charge on any atom is 0.170 e. The summed E-state index contributed by atoms with van der Waals surface area (Å²) in [4.78, 5) is 0. The summed E-state index contributed by atoms with van der Waals surface area (Å²) in [5.41, 5.74) is 7.20. The Morgan fingerprint density at radius 1 is 1.50 bits per heavy atom. The van der Waals surface area contributed by atoms with E-state index in [4.69, 9.17) is 22.5 Å². The number of hydrogen-bond donors (Lipinski definition) is 3. The summed E-state index contributed by atoms with van der Waals surface area (Å²) >= 11 is 6.22. The van der Waals surface area contributed by atoms with Gasteiger partial charge in [0.1, 0.15) is 0 Å². The second kappa shape index (κ2) is 6.95. The molecule has 0 spiro atoms. The quantitative estimate of drug-likeness (QED) is 0.338. The van der Waals surface area contributed by atoms with E-state index in [1.165, 1.54) is 19.3 Å². The van der Waals surface area contributed by atoms with Crippen LogP contribution in [0.15, 0.2) is 23.4 Å². The molecule has 1 aliphatic rings. The molecule has 20 heavy (non-hydrogen) atoms. The summed E-state index contributed by atoms with van der Waals surface area (Å²) in [6.45, 7) is 4.12. The van der Waals surface area contributed by atoms with Crippen LogP contribution in [0.1, 0.15) is 37.3 Å². The number of rotatable bonds is 5. The minimum Gasteiger partial charge on any atom is -0.409 e. The van der Waals surface area contributed by atoms with Crippen LogP contribution >= 0.6 is 11.6 Å². The van der Waals surface area contributed by atoms with Crippen molar-refractivity contribution in [2.45, 2.75) is 32.7 Å². The molecule has 5 heteroatoms. The number of hydrogen-bond acceptors (Lipinski definition) is 3. The van der Waals surface area contributed by atoms with Gasteiger partial charge in [0.15, 0.2) is 5.84 Å². The van der Waals surface area contributed by atoms with Crippen molar-refractivity contribution >= 4 is 17.4 Å². The Morgan fingerprint density at radius 2 is 2.30 bits per heavy atom. The van der Waals surface area contributed by atoms with Crippen LogP contribution in [0.25, 0.3) is 0 Å². The van der Waals surface area contributed by atoms with E-state index in [9.17, 15) is 0 Å². The Hall–Kier alpha value is -1.26. The fourth-order valence-electron chi connectivity index (χ4n) is 2.83. The molecule has 1 aromatic carbocycles. The van der Waals surface area contributed by atoms with E-state index >= 15 is 0 Å². The highest BCUT2D eigenvalue weighted by atomic mass is 35.5. The zero-order chi connectivity index (χ0) is 14.5. The van der Waals surface area contributed by atoms with Gasteiger partial charge in [-0.05, 0) is 42.9 Å². The first-order valence-corrected chi connectivity index (χ1v) is 7.45. The van der Waals surface area contributed by atoms with Gasteiger partial charge in [0.25, 0.3) is 0 Å². The van der Waals surface area contributed by atoms with Crippen molar-refractivity contribution < 1.29 is 5.21 Å². The number of amidine groups is 1. The van der Waals surface area contributed by atoms with Gasteiger partial charge in [-0.1, -0.05) is 42.2 Å². The minimum absolute atomic E-state index is 0.0753. The first-order chi connectivity index (χ1) is 9.60. The molecular formula is C15H22ClN3O. The van der Waals surface area contributed by atoms with Crippen LogP contribution in [0.4, 0.5) is 0 Å². The molecule has 0 amide bonds. The third-order valence-corrected chi connectivity index (χ3v) is 4.36. The predicted octanol–water partition coefficient (Wildman–Crippen LogP) is 2.96. The Kier molecular flexibility index (Phi) is 5.26. The molecule has 4 N–H and O–H groups in total. The van der Waals surface area contributed by atoms with Crippen molar-refractivity contribution in [2.24, 2.45) is 22.7 Å². The lowest BCUT2D eigenvalue weighted by Gasteiger charge is -2.12. The van der Waals surface area contributed by atoms with E-state index < -0.39 is 0 Å². The van der Waals surface area contributed by atoms with Crippen molar-refractivity contribution in [1.29, 1.82) is 0 Å². The van der Waals surface area contributed by atoms with Crippen LogP contribution < -0.4 is 11.1 Å². The van der Waals surface area contributed by atoms with Crippen LogP contribution in [0.2, 0.25) is 5.02 Å².